The molecular formula is C13H11ClF2N4O. The predicted octanol–water partition coefficient (Wildman–Crippen LogP) is 3.24. The van der Waals surface area contributed by atoms with Gasteiger partial charge in [0.2, 0.25) is 6.39 Å². The minimum atomic E-state index is -0.707. The van der Waals surface area contributed by atoms with E-state index in [2.05, 4.69) is 19.6 Å². The highest BCUT2D eigenvalue weighted by molar-refractivity contribution is 6.20. The number of rotatable bonds is 4. The normalized spacial score (nSPS) is 13.0. The third-order valence-corrected chi connectivity index (χ3v) is 3.32. The van der Waals surface area contributed by atoms with Gasteiger partial charge in [0.05, 0.1) is 10.9 Å². The zero-order valence-corrected chi connectivity index (χ0v) is 11.8. The molecule has 0 spiro atoms. The minimum Gasteiger partial charge on any atom is -0.343 e. The molecule has 0 amide bonds. The Morgan fingerprint density at radius 2 is 2.19 bits per heavy atom. The summed E-state index contributed by atoms with van der Waals surface area (Å²) in [4.78, 5) is 8.09. The largest absolute Gasteiger partial charge is 0.343 e. The van der Waals surface area contributed by atoms with Crippen LogP contribution in [0.4, 0.5) is 8.78 Å². The van der Waals surface area contributed by atoms with Gasteiger partial charge in [0.1, 0.15) is 17.2 Å². The molecule has 3 aromatic rings. The SMILES string of the molecule is CC(Cl)c1nc2c(F)cc(F)cc2n1CCc1ncon1. The van der Waals surface area contributed by atoms with E-state index in [4.69, 9.17) is 11.6 Å². The molecule has 0 N–H and O–H groups in total. The van der Waals surface area contributed by atoms with Crippen LogP contribution in [0.25, 0.3) is 11.0 Å². The Hall–Kier alpha value is -2.02. The molecular weight excluding hydrogens is 302 g/mol. The second-order valence-corrected chi connectivity index (χ2v) is 5.25. The number of imidazole rings is 1. The van der Waals surface area contributed by atoms with Crippen LogP contribution in [0, 0.1) is 11.6 Å². The van der Waals surface area contributed by atoms with Gasteiger partial charge < -0.3 is 9.09 Å². The fourth-order valence-corrected chi connectivity index (χ4v) is 2.39. The van der Waals surface area contributed by atoms with Crippen LogP contribution in [-0.2, 0) is 13.0 Å². The summed E-state index contributed by atoms with van der Waals surface area (Å²) in [6.45, 7) is 2.12. The van der Waals surface area contributed by atoms with E-state index in [-0.39, 0.29) is 5.52 Å². The first kappa shape index (κ1) is 13.9. The molecule has 3 rings (SSSR count). The van der Waals surface area contributed by atoms with E-state index in [0.29, 0.717) is 30.1 Å². The number of aryl methyl sites for hydroxylation is 2. The minimum absolute atomic E-state index is 0.104. The maximum absolute atomic E-state index is 13.8. The highest BCUT2D eigenvalue weighted by Crippen LogP contribution is 2.27. The molecule has 1 unspecified atom stereocenters. The van der Waals surface area contributed by atoms with Crippen molar-refractivity contribution in [3.63, 3.8) is 0 Å². The summed E-state index contributed by atoms with van der Waals surface area (Å²) in [6, 6.07) is 2.05. The van der Waals surface area contributed by atoms with E-state index >= 15 is 0 Å². The Bertz CT molecular complexity index is 770. The van der Waals surface area contributed by atoms with Gasteiger partial charge in [-0.15, -0.1) is 11.6 Å². The zero-order valence-electron chi connectivity index (χ0n) is 11.1. The van der Waals surface area contributed by atoms with E-state index in [1.807, 2.05) is 0 Å². The molecule has 0 saturated carbocycles. The highest BCUT2D eigenvalue weighted by Gasteiger charge is 2.18. The molecule has 110 valence electrons. The molecule has 2 aromatic heterocycles. The van der Waals surface area contributed by atoms with Crippen LogP contribution < -0.4 is 0 Å². The van der Waals surface area contributed by atoms with Crippen molar-refractivity contribution in [2.75, 3.05) is 0 Å². The van der Waals surface area contributed by atoms with Gasteiger partial charge in [0, 0.05) is 19.0 Å². The van der Waals surface area contributed by atoms with Crippen LogP contribution in [0.2, 0.25) is 0 Å². The smallest absolute Gasteiger partial charge is 0.213 e. The van der Waals surface area contributed by atoms with E-state index < -0.39 is 17.0 Å². The highest BCUT2D eigenvalue weighted by atomic mass is 35.5. The standard InChI is InChI=1S/C13H11ClF2N4O/c1-7(14)13-18-12-9(16)4-8(15)5-10(12)20(13)3-2-11-17-6-21-19-11/h4-7H,2-3H2,1H3. The van der Waals surface area contributed by atoms with Crippen molar-refractivity contribution in [1.82, 2.24) is 19.7 Å². The van der Waals surface area contributed by atoms with E-state index in [0.717, 1.165) is 6.07 Å². The predicted molar refractivity (Wildman–Crippen MR) is 71.9 cm³/mol. The first-order chi connectivity index (χ1) is 10.1. The van der Waals surface area contributed by atoms with Crippen molar-refractivity contribution in [3.05, 3.63) is 41.8 Å². The van der Waals surface area contributed by atoms with Gasteiger partial charge in [-0.1, -0.05) is 5.16 Å². The summed E-state index contributed by atoms with van der Waals surface area (Å²) in [7, 11) is 0. The molecule has 0 fully saturated rings. The Kier molecular flexibility index (Phi) is 3.59. The maximum atomic E-state index is 13.8. The van der Waals surface area contributed by atoms with Crippen molar-refractivity contribution in [3.8, 4) is 0 Å². The fraction of sp³-hybridized carbons (Fsp3) is 0.308. The Morgan fingerprint density at radius 1 is 1.38 bits per heavy atom. The number of alkyl halides is 1. The number of nitrogens with zero attached hydrogens (tertiary/aromatic N) is 4. The molecule has 0 aliphatic rings. The molecule has 0 aliphatic heterocycles. The number of hydrogen-bond donors (Lipinski definition) is 0. The monoisotopic (exact) mass is 312 g/mol. The third-order valence-electron chi connectivity index (χ3n) is 3.12. The second kappa shape index (κ2) is 5.40. The topological polar surface area (TPSA) is 56.7 Å². The van der Waals surface area contributed by atoms with Crippen LogP contribution in [0.5, 0.6) is 0 Å². The second-order valence-electron chi connectivity index (χ2n) is 4.59. The van der Waals surface area contributed by atoms with Gasteiger partial charge in [-0.25, -0.2) is 13.8 Å². The number of hydrogen-bond acceptors (Lipinski definition) is 4. The molecule has 0 saturated heterocycles. The Balaban J connectivity index is 2.07. The quantitative estimate of drug-likeness (QED) is 0.694. The van der Waals surface area contributed by atoms with Gasteiger partial charge in [-0.05, 0) is 13.0 Å². The average Bonchev–Trinajstić information content (AvgIpc) is 3.03. The summed E-state index contributed by atoms with van der Waals surface area (Å²) in [5, 5.41) is 3.26. The van der Waals surface area contributed by atoms with Gasteiger partial charge in [0.15, 0.2) is 11.6 Å². The number of fused-ring (bicyclic) bond motifs is 1. The van der Waals surface area contributed by atoms with Crippen LogP contribution in [0.1, 0.15) is 23.9 Å². The van der Waals surface area contributed by atoms with Gasteiger partial charge in [-0.2, -0.15) is 4.98 Å². The van der Waals surface area contributed by atoms with Crippen molar-refractivity contribution >= 4 is 22.6 Å². The number of halogens is 3. The lowest BCUT2D eigenvalue weighted by atomic mass is 10.3. The van der Waals surface area contributed by atoms with Gasteiger partial charge >= 0.3 is 0 Å². The van der Waals surface area contributed by atoms with Crippen LogP contribution >= 0.6 is 11.6 Å². The molecule has 2 heterocycles. The van der Waals surface area contributed by atoms with Crippen molar-refractivity contribution in [2.45, 2.75) is 25.3 Å². The first-order valence-electron chi connectivity index (χ1n) is 6.30. The molecule has 0 aliphatic carbocycles. The first-order valence-corrected chi connectivity index (χ1v) is 6.74. The van der Waals surface area contributed by atoms with Crippen LogP contribution in [-0.4, -0.2) is 19.7 Å². The average molecular weight is 313 g/mol. The maximum Gasteiger partial charge on any atom is 0.213 e. The van der Waals surface area contributed by atoms with Crippen molar-refractivity contribution in [1.29, 1.82) is 0 Å². The Morgan fingerprint density at radius 3 is 2.86 bits per heavy atom. The van der Waals surface area contributed by atoms with Crippen molar-refractivity contribution in [2.24, 2.45) is 0 Å². The summed E-state index contributed by atoms with van der Waals surface area (Å²) >= 11 is 6.08. The lowest BCUT2D eigenvalue weighted by Crippen LogP contribution is -2.07. The lowest BCUT2D eigenvalue weighted by molar-refractivity contribution is 0.408. The molecule has 8 heteroatoms. The van der Waals surface area contributed by atoms with Gasteiger partial charge in [0.25, 0.3) is 0 Å². The molecule has 1 atom stereocenters. The third kappa shape index (κ3) is 2.61. The van der Waals surface area contributed by atoms with E-state index in [1.165, 1.54) is 12.5 Å². The van der Waals surface area contributed by atoms with E-state index in [9.17, 15) is 8.78 Å². The zero-order chi connectivity index (χ0) is 15.0. The molecule has 21 heavy (non-hydrogen) atoms. The lowest BCUT2D eigenvalue weighted by Gasteiger charge is -2.09. The summed E-state index contributed by atoms with van der Waals surface area (Å²) in [5.74, 6) is -0.391. The molecule has 0 radical (unpaired) electrons. The summed E-state index contributed by atoms with van der Waals surface area (Å²) < 4.78 is 33.6. The van der Waals surface area contributed by atoms with Gasteiger partial charge in [-0.3, -0.25) is 0 Å². The van der Waals surface area contributed by atoms with Crippen LogP contribution in [0.15, 0.2) is 23.0 Å². The summed E-state index contributed by atoms with van der Waals surface area (Å²) in [5.41, 5.74) is 0.463. The molecule has 5 nitrogen and oxygen atoms in total. The molecule has 0 bridgehead atoms. The summed E-state index contributed by atoms with van der Waals surface area (Å²) in [6.07, 6.45) is 1.67. The number of benzene rings is 1. The van der Waals surface area contributed by atoms with Crippen molar-refractivity contribution < 1.29 is 13.3 Å². The Labute approximate surface area is 123 Å². The van der Waals surface area contributed by atoms with Crippen LogP contribution in [0.3, 0.4) is 0 Å². The molecule has 1 aromatic carbocycles. The van der Waals surface area contributed by atoms with E-state index in [1.54, 1.807) is 11.5 Å². The fourth-order valence-electron chi connectivity index (χ4n) is 2.22. The number of aromatic nitrogens is 4.